The molecule has 8 nitrogen and oxygen atoms in total. The van der Waals surface area contributed by atoms with Gasteiger partial charge >= 0.3 is 5.69 Å². The minimum Gasteiger partial charge on any atom is -0.327 e. The maximum absolute atomic E-state index is 13.9. The Balaban J connectivity index is 2.26. The summed E-state index contributed by atoms with van der Waals surface area (Å²) in [5.74, 6) is -0.550. The highest BCUT2D eigenvalue weighted by Gasteiger charge is 2.19. The molecule has 2 N–H and O–H groups in total. The molecule has 0 saturated carbocycles. The van der Waals surface area contributed by atoms with Gasteiger partial charge in [-0.2, -0.15) is 0 Å². The molecule has 0 spiro atoms. The molecule has 0 fully saturated rings. The first-order valence-corrected chi connectivity index (χ1v) is 9.88. The smallest absolute Gasteiger partial charge is 0.327 e. The van der Waals surface area contributed by atoms with E-state index in [1.54, 1.807) is 12.1 Å². The maximum atomic E-state index is 13.9. The van der Waals surface area contributed by atoms with Gasteiger partial charge in [0.2, 0.25) is 0 Å². The van der Waals surface area contributed by atoms with Gasteiger partial charge in [0.25, 0.3) is 0 Å². The molecule has 142 valence electrons. The number of imidazole rings is 1. The second kappa shape index (κ2) is 7.05. The third kappa shape index (κ3) is 3.53. The fourth-order valence-electron chi connectivity index (χ4n) is 2.81. The molecular formula is C17H18FN5O3S. The van der Waals surface area contributed by atoms with Gasteiger partial charge in [0.05, 0.1) is 17.1 Å². The van der Waals surface area contributed by atoms with Crippen LogP contribution in [0.3, 0.4) is 0 Å². The van der Waals surface area contributed by atoms with Crippen LogP contribution in [0.1, 0.15) is 0 Å². The number of hydrogen-bond donors (Lipinski definition) is 1. The van der Waals surface area contributed by atoms with E-state index in [9.17, 15) is 17.6 Å². The zero-order valence-corrected chi connectivity index (χ0v) is 15.6. The van der Waals surface area contributed by atoms with Gasteiger partial charge < -0.3 is 5.73 Å². The Morgan fingerprint density at radius 2 is 2.07 bits per heavy atom. The topological polar surface area (TPSA) is 113 Å². The van der Waals surface area contributed by atoms with Crippen molar-refractivity contribution < 1.29 is 12.8 Å². The summed E-state index contributed by atoms with van der Waals surface area (Å²) in [5.41, 5.74) is 6.36. The second-order valence-corrected chi connectivity index (χ2v) is 8.02. The van der Waals surface area contributed by atoms with Crippen LogP contribution in [0.4, 0.5) is 4.39 Å². The number of nitrogens with two attached hydrogens (primary N) is 1. The van der Waals surface area contributed by atoms with Gasteiger partial charge in [0.15, 0.2) is 15.5 Å². The van der Waals surface area contributed by atoms with Gasteiger partial charge in [-0.1, -0.05) is 12.1 Å². The Hall–Kier alpha value is -2.85. The molecule has 3 aromatic rings. The van der Waals surface area contributed by atoms with E-state index in [2.05, 4.69) is 9.97 Å². The summed E-state index contributed by atoms with van der Waals surface area (Å²) in [7, 11) is -1.88. The summed E-state index contributed by atoms with van der Waals surface area (Å²) < 4.78 is 40.1. The lowest BCUT2D eigenvalue weighted by molar-refractivity contribution is 0.546. The van der Waals surface area contributed by atoms with Crippen molar-refractivity contribution in [2.75, 3.05) is 12.8 Å². The lowest BCUT2D eigenvalue weighted by atomic mass is 10.1. The van der Waals surface area contributed by atoms with Crippen molar-refractivity contribution in [3.63, 3.8) is 0 Å². The van der Waals surface area contributed by atoms with Crippen molar-refractivity contribution in [3.05, 3.63) is 53.0 Å². The molecule has 0 unspecified atom stereocenters. The number of benzene rings is 1. The van der Waals surface area contributed by atoms with E-state index in [4.69, 9.17) is 5.73 Å². The zero-order chi connectivity index (χ0) is 19.8. The Kier molecular flexibility index (Phi) is 4.94. The largest absolute Gasteiger partial charge is 0.330 e. The molecule has 10 heteroatoms. The second-order valence-electron chi connectivity index (χ2n) is 6.01. The number of fused-ring (bicyclic) bond motifs is 1. The summed E-state index contributed by atoms with van der Waals surface area (Å²) in [6.07, 6.45) is 3.55. The summed E-state index contributed by atoms with van der Waals surface area (Å²) in [5, 5.41) is 0. The van der Waals surface area contributed by atoms with E-state index in [-0.39, 0.29) is 23.6 Å². The number of allylic oxidation sites excluding steroid dienone is 1. The highest BCUT2D eigenvalue weighted by Crippen LogP contribution is 2.26. The van der Waals surface area contributed by atoms with Crippen molar-refractivity contribution >= 4 is 21.0 Å². The number of aromatic nitrogens is 4. The first kappa shape index (κ1) is 18.9. The highest BCUT2D eigenvalue weighted by molar-refractivity contribution is 7.90. The molecule has 2 aromatic heterocycles. The Morgan fingerprint density at radius 3 is 2.74 bits per heavy atom. The molecule has 3 rings (SSSR count). The summed E-state index contributed by atoms with van der Waals surface area (Å²) >= 11 is 0. The van der Waals surface area contributed by atoms with E-state index in [0.29, 0.717) is 16.8 Å². The molecule has 1 aromatic carbocycles. The normalized spacial score (nSPS) is 12.7. The van der Waals surface area contributed by atoms with Crippen LogP contribution in [0.5, 0.6) is 0 Å². The van der Waals surface area contributed by atoms with E-state index in [0.717, 1.165) is 6.26 Å². The first-order chi connectivity index (χ1) is 12.7. The Bertz CT molecular complexity index is 1210. The van der Waals surface area contributed by atoms with Crippen LogP contribution in [-0.2, 0) is 23.4 Å². The summed E-state index contributed by atoms with van der Waals surface area (Å²) in [6.45, 7) is -0.281. The van der Waals surface area contributed by atoms with Gasteiger partial charge in [-0.15, -0.1) is 0 Å². The van der Waals surface area contributed by atoms with Crippen molar-refractivity contribution in [2.45, 2.75) is 11.4 Å². The number of hydrogen-bond acceptors (Lipinski definition) is 6. The monoisotopic (exact) mass is 391 g/mol. The molecule has 2 heterocycles. The molecule has 0 aliphatic carbocycles. The minimum atomic E-state index is -3.41. The lowest BCUT2D eigenvalue weighted by Crippen LogP contribution is -2.22. The lowest BCUT2D eigenvalue weighted by Gasteiger charge is -2.06. The third-order valence-corrected chi connectivity index (χ3v) is 5.21. The van der Waals surface area contributed by atoms with E-state index in [1.807, 2.05) is 0 Å². The molecule has 0 aliphatic rings. The molecule has 0 aliphatic heterocycles. The van der Waals surface area contributed by atoms with Gasteiger partial charge in [0, 0.05) is 25.4 Å². The van der Waals surface area contributed by atoms with Crippen LogP contribution < -0.4 is 11.4 Å². The van der Waals surface area contributed by atoms with Crippen LogP contribution in [-0.4, -0.2) is 40.3 Å². The van der Waals surface area contributed by atoms with Crippen LogP contribution >= 0.6 is 0 Å². The van der Waals surface area contributed by atoms with Gasteiger partial charge in [0.1, 0.15) is 17.7 Å². The van der Waals surface area contributed by atoms with Crippen molar-refractivity contribution in [2.24, 2.45) is 12.8 Å². The quantitative estimate of drug-likeness (QED) is 0.695. The van der Waals surface area contributed by atoms with Crippen LogP contribution in [0, 0.1) is 0 Å². The molecule has 0 bridgehead atoms. The Morgan fingerprint density at radius 1 is 1.33 bits per heavy atom. The van der Waals surface area contributed by atoms with Crippen molar-refractivity contribution in [3.8, 4) is 11.3 Å². The summed E-state index contributed by atoms with van der Waals surface area (Å²) in [6, 6.07) is 6.24. The maximum Gasteiger partial charge on any atom is 0.330 e. The highest BCUT2D eigenvalue weighted by atomic mass is 32.2. The number of aryl methyl sites for hydroxylation is 1. The number of nitrogens with zero attached hydrogens (tertiary/aromatic N) is 4. The number of sulfone groups is 1. The van der Waals surface area contributed by atoms with Crippen LogP contribution in [0.25, 0.3) is 22.4 Å². The summed E-state index contributed by atoms with van der Waals surface area (Å²) in [4.78, 5) is 21.1. The van der Waals surface area contributed by atoms with Crippen LogP contribution in [0.2, 0.25) is 0 Å². The number of rotatable bonds is 5. The molecule has 0 saturated heterocycles. The van der Waals surface area contributed by atoms with Gasteiger partial charge in [-0.25, -0.2) is 27.6 Å². The van der Waals surface area contributed by atoms with Crippen LogP contribution in [0.15, 0.2) is 52.2 Å². The van der Waals surface area contributed by atoms with Crippen molar-refractivity contribution in [1.82, 2.24) is 19.1 Å². The van der Waals surface area contributed by atoms with Gasteiger partial charge in [-0.3, -0.25) is 9.13 Å². The average molecular weight is 391 g/mol. The predicted molar refractivity (Wildman–Crippen MR) is 99.6 cm³/mol. The molecule has 0 atom stereocenters. The fraction of sp³-hybridized carbons (Fsp3) is 0.235. The SMILES string of the molecule is Cn1c(=O)n(CC(F)=CCN)c2ncnc(-c3cccc(S(C)(=O)=O)c3)c21. The molecule has 27 heavy (non-hydrogen) atoms. The van der Waals surface area contributed by atoms with E-state index in [1.165, 1.54) is 40.7 Å². The van der Waals surface area contributed by atoms with E-state index >= 15 is 0 Å². The minimum absolute atomic E-state index is 0.0177. The standard InChI is InChI=1S/C17H18FN5O3S/c1-22-15-14(11-4-3-5-13(8-11)27(2,25)26)20-10-21-16(15)23(17(22)24)9-12(18)6-7-19/h3-6,8,10H,7,9,19H2,1-2H3. The van der Waals surface area contributed by atoms with Gasteiger partial charge in [-0.05, 0) is 18.2 Å². The third-order valence-electron chi connectivity index (χ3n) is 4.10. The average Bonchev–Trinajstić information content (AvgIpc) is 2.86. The predicted octanol–water partition coefficient (Wildman–Crippen LogP) is 1.01. The van der Waals surface area contributed by atoms with Crippen molar-refractivity contribution in [1.29, 1.82) is 0 Å². The number of halogens is 1. The molecule has 0 amide bonds. The van der Waals surface area contributed by atoms with E-state index < -0.39 is 21.4 Å². The first-order valence-electron chi connectivity index (χ1n) is 7.99. The zero-order valence-electron chi connectivity index (χ0n) is 14.8. The molecule has 0 radical (unpaired) electrons. The Labute approximate surface area is 154 Å². The fourth-order valence-corrected chi connectivity index (χ4v) is 3.48. The molecular weight excluding hydrogens is 373 g/mol.